The zero-order chi connectivity index (χ0) is 17.5. The third kappa shape index (κ3) is 2.84. The molecular formula is C17H15F3N2O2. The Hall–Kier alpha value is -2.83. The summed E-state index contributed by atoms with van der Waals surface area (Å²) in [6, 6.07) is 4.59. The van der Waals surface area contributed by atoms with Crippen LogP contribution < -0.4 is 5.73 Å². The predicted molar refractivity (Wildman–Crippen MR) is 85.0 cm³/mol. The lowest BCUT2D eigenvalue weighted by atomic mass is 10.0. The van der Waals surface area contributed by atoms with Crippen molar-refractivity contribution in [1.82, 2.24) is 4.90 Å². The van der Waals surface area contributed by atoms with E-state index in [0.29, 0.717) is 12.1 Å². The molecule has 4 nitrogen and oxygen atoms in total. The van der Waals surface area contributed by atoms with E-state index in [1.54, 1.807) is 12.3 Å². The number of allylic oxidation sites excluding steroid dienone is 2. The van der Waals surface area contributed by atoms with Gasteiger partial charge in [-0.25, -0.2) is 0 Å². The van der Waals surface area contributed by atoms with Crippen LogP contribution in [0.15, 0.2) is 47.0 Å². The van der Waals surface area contributed by atoms with Crippen LogP contribution >= 0.6 is 0 Å². The van der Waals surface area contributed by atoms with Gasteiger partial charge in [-0.05, 0) is 17.7 Å². The van der Waals surface area contributed by atoms with E-state index >= 15 is 0 Å². The van der Waals surface area contributed by atoms with Gasteiger partial charge in [0.05, 0.1) is 11.1 Å². The van der Waals surface area contributed by atoms with E-state index in [0.717, 1.165) is 12.1 Å². The van der Waals surface area contributed by atoms with Crippen LogP contribution in [-0.4, -0.2) is 23.6 Å². The Labute approximate surface area is 136 Å². The standard InChI is InChI=1S/C17H15F3N2O2/c1-22-7-3-5-11(9-22)15-14(23)13(16(21)24-15)10-4-2-6-12(8-10)17(18,19)20/h2-6,8-9,23H,7,21H2,1H3. The molecule has 2 heterocycles. The molecule has 1 aliphatic rings. The first-order chi connectivity index (χ1) is 11.3. The molecule has 7 heteroatoms. The number of alkyl halides is 3. The molecule has 126 valence electrons. The quantitative estimate of drug-likeness (QED) is 0.867. The first-order valence-electron chi connectivity index (χ1n) is 7.15. The summed E-state index contributed by atoms with van der Waals surface area (Å²) in [5.74, 6) is -0.287. The van der Waals surface area contributed by atoms with Gasteiger partial charge in [-0.1, -0.05) is 24.3 Å². The average molecular weight is 336 g/mol. The van der Waals surface area contributed by atoms with Crippen molar-refractivity contribution in [2.45, 2.75) is 6.18 Å². The van der Waals surface area contributed by atoms with Gasteiger partial charge in [0.1, 0.15) is 0 Å². The Bertz CT molecular complexity index is 835. The minimum Gasteiger partial charge on any atom is -0.504 e. The van der Waals surface area contributed by atoms with Gasteiger partial charge in [0.15, 0.2) is 11.5 Å². The molecule has 1 aliphatic heterocycles. The Morgan fingerprint density at radius 1 is 1.29 bits per heavy atom. The number of nitrogens with two attached hydrogens (primary N) is 1. The van der Waals surface area contributed by atoms with Gasteiger partial charge in [-0.2, -0.15) is 13.2 Å². The molecule has 1 aromatic heterocycles. The van der Waals surface area contributed by atoms with E-state index in [9.17, 15) is 18.3 Å². The number of hydrogen-bond donors (Lipinski definition) is 2. The maximum atomic E-state index is 12.9. The first-order valence-corrected chi connectivity index (χ1v) is 7.15. The fraction of sp³-hybridized carbons (Fsp3) is 0.176. The fourth-order valence-corrected chi connectivity index (χ4v) is 2.58. The number of hydrogen-bond acceptors (Lipinski definition) is 4. The molecule has 1 aromatic carbocycles. The third-order valence-corrected chi connectivity index (χ3v) is 3.70. The van der Waals surface area contributed by atoms with E-state index in [4.69, 9.17) is 10.2 Å². The van der Waals surface area contributed by atoms with E-state index in [1.165, 1.54) is 12.1 Å². The number of furan rings is 1. The number of rotatable bonds is 2. The van der Waals surface area contributed by atoms with Crippen molar-refractivity contribution in [3.05, 3.63) is 53.9 Å². The van der Waals surface area contributed by atoms with Crippen molar-refractivity contribution < 1.29 is 22.7 Å². The minimum absolute atomic E-state index is 0.0543. The van der Waals surface area contributed by atoms with Crippen molar-refractivity contribution in [2.75, 3.05) is 19.3 Å². The maximum Gasteiger partial charge on any atom is 0.416 e. The van der Waals surface area contributed by atoms with E-state index in [-0.39, 0.29) is 28.5 Å². The number of benzene rings is 1. The van der Waals surface area contributed by atoms with E-state index in [2.05, 4.69) is 0 Å². The highest BCUT2D eigenvalue weighted by atomic mass is 19.4. The topological polar surface area (TPSA) is 62.6 Å². The van der Waals surface area contributed by atoms with Gasteiger partial charge in [0.25, 0.3) is 0 Å². The molecule has 0 radical (unpaired) electrons. The SMILES string of the molecule is CN1C=C(c2oc(N)c(-c3cccc(C(F)(F)F)c3)c2O)C=CC1. The van der Waals surface area contributed by atoms with E-state index in [1.807, 2.05) is 18.0 Å². The van der Waals surface area contributed by atoms with Crippen LogP contribution in [0.3, 0.4) is 0 Å². The highest BCUT2D eigenvalue weighted by Gasteiger charge is 2.31. The molecule has 0 spiro atoms. The molecule has 0 atom stereocenters. The summed E-state index contributed by atoms with van der Waals surface area (Å²) < 4.78 is 44.1. The third-order valence-electron chi connectivity index (χ3n) is 3.70. The van der Waals surface area contributed by atoms with E-state index < -0.39 is 11.7 Å². The van der Waals surface area contributed by atoms with Crippen molar-refractivity contribution in [3.63, 3.8) is 0 Å². The number of likely N-dealkylation sites (N-methyl/N-ethyl adjacent to an activating group) is 1. The number of nitrogens with zero attached hydrogens (tertiary/aromatic N) is 1. The predicted octanol–water partition coefficient (Wildman–Crippen LogP) is 4.10. The number of nitrogen functional groups attached to an aromatic ring is 1. The summed E-state index contributed by atoms with van der Waals surface area (Å²) in [5, 5.41) is 10.4. The van der Waals surface area contributed by atoms with Crippen LogP contribution in [0.5, 0.6) is 5.75 Å². The smallest absolute Gasteiger partial charge is 0.416 e. The largest absolute Gasteiger partial charge is 0.504 e. The van der Waals surface area contributed by atoms with Crippen LogP contribution in [0.4, 0.5) is 19.1 Å². The average Bonchev–Trinajstić information content (AvgIpc) is 2.81. The molecule has 0 saturated carbocycles. The minimum atomic E-state index is -4.48. The van der Waals surface area contributed by atoms with Gasteiger partial charge < -0.3 is 20.2 Å². The summed E-state index contributed by atoms with van der Waals surface area (Å²) in [6.45, 7) is 0.709. The Balaban J connectivity index is 2.09. The summed E-state index contributed by atoms with van der Waals surface area (Å²) in [6.07, 6.45) is 0.906. The second-order valence-corrected chi connectivity index (χ2v) is 5.52. The van der Waals surface area contributed by atoms with Gasteiger partial charge >= 0.3 is 6.18 Å². The zero-order valence-corrected chi connectivity index (χ0v) is 12.8. The van der Waals surface area contributed by atoms with Crippen LogP contribution in [0.25, 0.3) is 16.7 Å². The van der Waals surface area contributed by atoms with Crippen LogP contribution in [0, 0.1) is 0 Å². The van der Waals surface area contributed by atoms with Crippen LogP contribution in [0.2, 0.25) is 0 Å². The van der Waals surface area contributed by atoms with Crippen LogP contribution in [-0.2, 0) is 6.18 Å². The highest BCUT2D eigenvalue weighted by molar-refractivity contribution is 5.87. The molecule has 0 bridgehead atoms. The van der Waals surface area contributed by atoms with Crippen molar-refractivity contribution in [2.24, 2.45) is 0 Å². The lowest BCUT2D eigenvalue weighted by Crippen LogP contribution is -2.13. The number of anilines is 1. The van der Waals surface area contributed by atoms with Crippen molar-refractivity contribution in [3.8, 4) is 16.9 Å². The molecule has 0 aliphatic carbocycles. The first kappa shape index (κ1) is 16.0. The maximum absolute atomic E-state index is 12.9. The zero-order valence-electron chi connectivity index (χ0n) is 12.8. The van der Waals surface area contributed by atoms with Gasteiger partial charge in [-0.15, -0.1) is 0 Å². The van der Waals surface area contributed by atoms with Crippen molar-refractivity contribution >= 4 is 11.5 Å². The number of aromatic hydroxyl groups is 1. The second kappa shape index (κ2) is 5.67. The Kier molecular flexibility index (Phi) is 3.79. The molecule has 0 unspecified atom stereocenters. The molecular weight excluding hydrogens is 321 g/mol. The summed E-state index contributed by atoms with van der Waals surface area (Å²) in [4.78, 5) is 1.87. The molecule has 24 heavy (non-hydrogen) atoms. The Morgan fingerprint density at radius 2 is 2.04 bits per heavy atom. The summed E-state index contributed by atoms with van der Waals surface area (Å²) >= 11 is 0. The van der Waals surface area contributed by atoms with Gasteiger partial charge in [0, 0.05) is 25.4 Å². The number of halogens is 3. The van der Waals surface area contributed by atoms with Crippen molar-refractivity contribution in [1.29, 1.82) is 0 Å². The fourth-order valence-electron chi connectivity index (χ4n) is 2.58. The molecule has 0 fully saturated rings. The lowest BCUT2D eigenvalue weighted by molar-refractivity contribution is -0.137. The Morgan fingerprint density at radius 3 is 2.71 bits per heavy atom. The molecule has 0 saturated heterocycles. The highest BCUT2D eigenvalue weighted by Crippen LogP contribution is 2.44. The van der Waals surface area contributed by atoms with Gasteiger partial charge in [0.2, 0.25) is 5.88 Å². The normalized spacial score (nSPS) is 14.8. The summed E-state index contributed by atoms with van der Waals surface area (Å²) in [7, 11) is 1.85. The molecule has 3 N–H and O–H groups in total. The lowest BCUT2D eigenvalue weighted by Gasteiger charge is -2.16. The molecule has 0 amide bonds. The van der Waals surface area contributed by atoms with Crippen LogP contribution in [0.1, 0.15) is 11.3 Å². The molecule has 3 rings (SSSR count). The molecule has 2 aromatic rings. The monoisotopic (exact) mass is 336 g/mol. The second-order valence-electron chi connectivity index (χ2n) is 5.52. The summed E-state index contributed by atoms with van der Waals surface area (Å²) in [5.41, 5.74) is 5.77. The van der Waals surface area contributed by atoms with Gasteiger partial charge in [-0.3, -0.25) is 0 Å².